The summed E-state index contributed by atoms with van der Waals surface area (Å²) in [7, 11) is 0. The van der Waals surface area contributed by atoms with Gasteiger partial charge in [-0.05, 0) is 34.4 Å². The maximum absolute atomic E-state index is 6.41. The van der Waals surface area contributed by atoms with Crippen LogP contribution in [0.1, 0.15) is 22.7 Å². The summed E-state index contributed by atoms with van der Waals surface area (Å²) in [6.07, 6.45) is 3.69. The third-order valence-electron chi connectivity index (χ3n) is 3.41. The van der Waals surface area contributed by atoms with E-state index < -0.39 is 0 Å². The third-order valence-corrected chi connectivity index (χ3v) is 3.41. The van der Waals surface area contributed by atoms with Crippen LogP contribution < -0.4 is 5.73 Å². The minimum Gasteiger partial charge on any atom is -0.320 e. The zero-order chi connectivity index (χ0) is 13.2. The Bertz CT molecular complexity index is 714. The Morgan fingerprint density at radius 1 is 1.00 bits per heavy atom. The lowest BCUT2D eigenvalue weighted by Gasteiger charge is -2.15. The first-order valence-corrected chi connectivity index (χ1v) is 6.40. The first kappa shape index (κ1) is 11.9. The number of hydrogen-bond donors (Lipinski definition) is 1. The van der Waals surface area contributed by atoms with Gasteiger partial charge < -0.3 is 5.73 Å². The van der Waals surface area contributed by atoms with E-state index in [-0.39, 0.29) is 6.04 Å². The second kappa shape index (κ2) is 4.82. The maximum atomic E-state index is 6.41. The molecular weight excluding hydrogens is 232 g/mol. The van der Waals surface area contributed by atoms with Gasteiger partial charge in [0.1, 0.15) is 0 Å². The molecule has 3 aromatic rings. The van der Waals surface area contributed by atoms with Gasteiger partial charge in [-0.15, -0.1) is 0 Å². The van der Waals surface area contributed by atoms with Crippen LogP contribution in [0.3, 0.4) is 0 Å². The lowest BCUT2D eigenvalue weighted by molar-refractivity contribution is 0.869. The van der Waals surface area contributed by atoms with Crippen LogP contribution in [0.5, 0.6) is 0 Å². The largest absolute Gasteiger partial charge is 0.320 e. The van der Waals surface area contributed by atoms with Gasteiger partial charge in [0, 0.05) is 12.4 Å². The van der Waals surface area contributed by atoms with Crippen molar-refractivity contribution >= 4 is 10.8 Å². The van der Waals surface area contributed by atoms with Crippen molar-refractivity contribution in [1.82, 2.24) is 4.98 Å². The Morgan fingerprint density at radius 3 is 2.63 bits per heavy atom. The highest BCUT2D eigenvalue weighted by atomic mass is 14.7. The summed E-state index contributed by atoms with van der Waals surface area (Å²) < 4.78 is 0. The Balaban J connectivity index is 2.14. The molecule has 2 aromatic carbocycles. The van der Waals surface area contributed by atoms with E-state index in [1.165, 1.54) is 10.8 Å². The van der Waals surface area contributed by atoms with Gasteiger partial charge in [-0.25, -0.2) is 0 Å². The standard InChI is InChI=1S/C17H16N2/c1-12-9-14(11-19-10-12)17(18)16-8-4-6-13-5-2-3-7-15(13)16/h2-11,17H,18H2,1H3. The molecule has 0 bridgehead atoms. The van der Waals surface area contributed by atoms with Gasteiger partial charge >= 0.3 is 0 Å². The van der Waals surface area contributed by atoms with Crippen LogP contribution in [0.4, 0.5) is 0 Å². The van der Waals surface area contributed by atoms with E-state index in [4.69, 9.17) is 5.73 Å². The predicted molar refractivity (Wildman–Crippen MR) is 79.0 cm³/mol. The van der Waals surface area contributed by atoms with E-state index in [9.17, 15) is 0 Å². The normalized spacial score (nSPS) is 12.5. The van der Waals surface area contributed by atoms with Gasteiger partial charge in [-0.3, -0.25) is 4.98 Å². The fourth-order valence-corrected chi connectivity index (χ4v) is 2.45. The first-order chi connectivity index (χ1) is 9.25. The second-order valence-corrected chi connectivity index (χ2v) is 4.84. The number of fused-ring (bicyclic) bond motifs is 1. The van der Waals surface area contributed by atoms with Crippen molar-refractivity contribution in [3.63, 3.8) is 0 Å². The van der Waals surface area contributed by atoms with Crippen LogP contribution in [0, 0.1) is 6.92 Å². The van der Waals surface area contributed by atoms with Crippen molar-refractivity contribution in [3.8, 4) is 0 Å². The summed E-state index contributed by atoms with van der Waals surface area (Å²) in [5, 5.41) is 2.43. The number of nitrogens with two attached hydrogens (primary N) is 1. The number of pyridine rings is 1. The van der Waals surface area contributed by atoms with Crippen molar-refractivity contribution in [2.45, 2.75) is 13.0 Å². The zero-order valence-corrected chi connectivity index (χ0v) is 10.9. The molecule has 2 N–H and O–H groups in total. The number of hydrogen-bond acceptors (Lipinski definition) is 2. The molecule has 1 unspecified atom stereocenters. The van der Waals surface area contributed by atoms with Gasteiger partial charge in [-0.1, -0.05) is 48.5 Å². The van der Waals surface area contributed by atoms with Crippen molar-refractivity contribution in [2.24, 2.45) is 5.73 Å². The van der Waals surface area contributed by atoms with E-state index in [0.717, 1.165) is 16.7 Å². The molecule has 94 valence electrons. The summed E-state index contributed by atoms with van der Waals surface area (Å²) in [5.74, 6) is 0. The molecule has 0 spiro atoms. The average Bonchev–Trinajstić information content (AvgIpc) is 2.46. The SMILES string of the molecule is Cc1cncc(C(N)c2cccc3ccccc23)c1. The van der Waals surface area contributed by atoms with Gasteiger partial charge in [0.15, 0.2) is 0 Å². The molecule has 2 nitrogen and oxygen atoms in total. The molecule has 0 aliphatic rings. The lowest BCUT2D eigenvalue weighted by atomic mass is 9.95. The van der Waals surface area contributed by atoms with Crippen LogP contribution >= 0.6 is 0 Å². The molecule has 0 radical (unpaired) electrons. The average molecular weight is 248 g/mol. The van der Waals surface area contributed by atoms with Gasteiger partial charge in [0.2, 0.25) is 0 Å². The second-order valence-electron chi connectivity index (χ2n) is 4.84. The van der Waals surface area contributed by atoms with E-state index in [0.29, 0.717) is 0 Å². The Morgan fingerprint density at radius 2 is 1.79 bits per heavy atom. The van der Waals surface area contributed by atoms with Gasteiger partial charge in [0.25, 0.3) is 0 Å². The topological polar surface area (TPSA) is 38.9 Å². The quantitative estimate of drug-likeness (QED) is 0.752. The Labute approximate surface area is 112 Å². The van der Waals surface area contributed by atoms with Crippen LogP contribution in [0.15, 0.2) is 60.9 Å². The molecule has 1 heterocycles. The summed E-state index contributed by atoms with van der Waals surface area (Å²) in [6.45, 7) is 2.03. The Kier molecular flexibility index (Phi) is 3.02. The number of nitrogens with zero attached hydrogens (tertiary/aromatic N) is 1. The molecular formula is C17H16N2. The molecule has 0 saturated carbocycles. The van der Waals surface area contributed by atoms with Crippen molar-refractivity contribution in [2.75, 3.05) is 0 Å². The highest BCUT2D eigenvalue weighted by Crippen LogP contribution is 2.27. The number of benzene rings is 2. The monoisotopic (exact) mass is 248 g/mol. The fraction of sp³-hybridized carbons (Fsp3) is 0.118. The van der Waals surface area contributed by atoms with Crippen LogP contribution in [0.25, 0.3) is 10.8 Å². The molecule has 19 heavy (non-hydrogen) atoms. The minimum absolute atomic E-state index is 0.140. The fourth-order valence-electron chi connectivity index (χ4n) is 2.45. The van der Waals surface area contributed by atoms with E-state index in [1.54, 1.807) is 0 Å². The van der Waals surface area contributed by atoms with Crippen molar-refractivity contribution in [3.05, 3.63) is 77.6 Å². The number of rotatable bonds is 2. The summed E-state index contributed by atoms with van der Waals surface area (Å²) in [6, 6.07) is 16.5. The molecule has 0 fully saturated rings. The lowest BCUT2D eigenvalue weighted by Crippen LogP contribution is -2.12. The van der Waals surface area contributed by atoms with Crippen molar-refractivity contribution < 1.29 is 0 Å². The van der Waals surface area contributed by atoms with Crippen LogP contribution in [0.2, 0.25) is 0 Å². The highest BCUT2D eigenvalue weighted by Gasteiger charge is 2.12. The van der Waals surface area contributed by atoms with Crippen LogP contribution in [-0.2, 0) is 0 Å². The molecule has 0 saturated heterocycles. The summed E-state index contributed by atoms with van der Waals surface area (Å²) in [4.78, 5) is 4.23. The van der Waals surface area contributed by atoms with Gasteiger partial charge in [-0.2, -0.15) is 0 Å². The van der Waals surface area contributed by atoms with Crippen molar-refractivity contribution in [1.29, 1.82) is 0 Å². The molecule has 1 atom stereocenters. The van der Waals surface area contributed by atoms with E-state index >= 15 is 0 Å². The first-order valence-electron chi connectivity index (χ1n) is 6.40. The van der Waals surface area contributed by atoms with Crippen LogP contribution in [-0.4, -0.2) is 4.98 Å². The molecule has 3 rings (SSSR count). The smallest absolute Gasteiger partial charge is 0.0573 e. The summed E-state index contributed by atoms with van der Waals surface area (Å²) in [5.41, 5.74) is 9.74. The molecule has 2 heteroatoms. The van der Waals surface area contributed by atoms with E-state index in [2.05, 4.69) is 41.4 Å². The molecule has 0 aliphatic carbocycles. The molecule has 1 aromatic heterocycles. The minimum atomic E-state index is -0.140. The predicted octanol–water partition coefficient (Wildman–Crippen LogP) is 3.59. The number of aryl methyl sites for hydroxylation is 1. The third kappa shape index (κ3) is 2.23. The summed E-state index contributed by atoms with van der Waals surface area (Å²) >= 11 is 0. The zero-order valence-electron chi connectivity index (χ0n) is 10.9. The Hall–Kier alpha value is -2.19. The maximum Gasteiger partial charge on any atom is 0.0573 e. The molecule has 0 amide bonds. The number of aromatic nitrogens is 1. The molecule has 0 aliphatic heterocycles. The van der Waals surface area contributed by atoms with Gasteiger partial charge in [0.05, 0.1) is 6.04 Å². The highest BCUT2D eigenvalue weighted by molar-refractivity contribution is 5.86. The van der Waals surface area contributed by atoms with E-state index in [1.807, 2.05) is 31.5 Å².